The number of hydrogen-bond acceptors (Lipinski definition) is 5. The summed E-state index contributed by atoms with van der Waals surface area (Å²) in [5.74, 6) is -0.557. The Morgan fingerprint density at radius 2 is 1.77 bits per heavy atom. The zero-order valence-corrected chi connectivity index (χ0v) is 15.8. The smallest absolute Gasteiger partial charge is 0.345 e. The zero-order valence-electron chi connectivity index (χ0n) is 14.3. The highest BCUT2D eigenvalue weighted by Gasteiger charge is 2.24. The molecule has 2 aromatic rings. The second kappa shape index (κ2) is 8.32. The van der Waals surface area contributed by atoms with Crippen molar-refractivity contribution >= 4 is 27.6 Å². The topological polar surface area (TPSA) is 87.5 Å². The predicted molar refractivity (Wildman–Crippen MR) is 97.7 cm³/mol. The van der Waals surface area contributed by atoms with Gasteiger partial charge in [0.2, 0.25) is 10.0 Å². The molecular formula is C18H17ClN2O4S. The zero-order chi connectivity index (χ0) is 19.3. The first-order valence-electron chi connectivity index (χ1n) is 7.85. The summed E-state index contributed by atoms with van der Waals surface area (Å²) in [6, 6.07) is 11.8. The van der Waals surface area contributed by atoms with Crippen molar-refractivity contribution in [3.05, 3.63) is 58.6 Å². The van der Waals surface area contributed by atoms with Crippen LogP contribution in [0.2, 0.25) is 5.02 Å². The molecule has 0 N–H and O–H groups in total. The average molecular weight is 393 g/mol. The molecular weight excluding hydrogens is 376 g/mol. The molecule has 0 heterocycles. The van der Waals surface area contributed by atoms with Crippen LogP contribution in [0, 0.1) is 11.3 Å². The lowest BCUT2D eigenvalue weighted by Crippen LogP contribution is -2.30. The summed E-state index contributed by atoms with van der Waals surface area (Å²) in [5.41, 5.74) is 0.374. The fourth-order valence-corrected chi connectivity index (χ4v) is 3.97. The molecule has 0 saturated heterocycles. The maximum atomic E-state index is 12.6. The van der Waals surface area contributed by atoms with E-state index in [1.807, 2.05) is 6.07 Å². The van der Waals surface area contributed by atoms with Crippen LogP contribution in [-0.4, -0.2) is 31.8 Å². The summed E-state index contributed by atoms with van der Waals surface area (Å²) >= 11 is 6.05. The Kier molecular flexibility index (Phi) is 6.37. The molecule has 0 aliphatic heterocycles. The average Bonchev–Trinajstić information content (AvgIpc) is 2.63. The quantitative estimate of drug-likeness (QED) is 0.555. The summed E-state index contributed by atoms with van der Waals surface area (Å²) < 4.78 is 31.7. The number of sulfonamides is 1. The van der Waals surface area contributed by atoms with E-state index < -0.39 is 16.0 Å². The highest BCUT2D eigenvalue weighted by atomic mass is 35.5. The molecule has 2 rings (SSSR count). The van der Waals surface area contributed by atoms with E-state index in [9.17, 15) is 13.2 Å². The van der Waals surface area contributed by atoms with Crippen LogP contribution in [0.1, 0.15) is 29.8 Å². The molecule has 0 unspecified atom stereocenters. The molecule has 8 heteroatoms. The second-order valence-electron chi connectivity index (χ2n) is 5.26. The normalized spacial score (nSPS) is 11.2. The molecule has 0 fully saturated rings. The number of ether oxygens (including phenoxy) is 1. The Balaban J connectivity index is 2.34. The fraction of sp³-hybridized carbons (Fsp3) is 0.222. The molecule has 0 aromatic heterocycles. The molecule has 0 radical (unpaired) electrons. The van der Waals surface area contributed by atoms with E-state index in [4.69, 9.17) is 21.6 Å². The van der Waals surface area contributed by atoms with Crippen molar-refractivity contribution in [3.63, 3.8) is 0 Å². The van der Waals surface area contributed by atoms with Gasteiger partial charge in [-0.2, -0.15) is 9.57 Å². The number of rotatable bonds is 6. The van der Waals surface area contributed by atoms with Gasteiger partial charge in [-0.15, -0.1) is 0 Å². The highest BCUT2D eigenvalue weighted by Crippen LogP contribution is 2.24. The fourth-order valence-electron chi connectivity index (χ4n) is 2.29. The summed E-state index contributed by atoms with van der Waals surface area (Å²) in [6.45, 7) is 4.09. The lowest BCUT2D eigenvalue weighted by molar-refractivity contribution is 0.0734. The molecule has 0 atom stereocenters. The third-order valence-electron chi connectivity index (χ3n) is 3.69. The minimum absolute atomic E-state index is 0.0302. The Morgan fingerprint density at radius 3 is 2.31 bits per heavy atom. The number of halogens is 1. The summed E-state index contributed by atoms with van der Waals surface area (Å²) in [5, 5.41) is 8.87. The van der Waals surface area contributed by atoms with Crippen molar-refractivity contribution in [2.24, 2.45) is 0 Å². The number of carbonyl (C=O) groups is 1. The van der Waals surface area contributed by atoms with Gasteiger partial charge in [0.1, 0.15) is 5.75 Å². The van der Waals surface area contributed by atoms with Gasteiger partial charge in [0.25, 0.3) is 0 Å². The molecule has 136 valence electrons. The minimum Gasteiger partial charge on any atom is -0.423 e. The van der Waals surface area contributed by atoms with Gasteiger partial charge in [-0.1, -0.05) is 25.4 Å². The van der Waals surface area contributed by atoms with Crippen LogP contribution < -0.4 is 4.74 Å². The van der Waals surface area contributed by atoms with Crippen LogP contribution in [0.4, 0.5) is 0 Å². The number of carbonyl (C=O) groups excluding carboxylic acids is 1. The lowest BCUT2D eigenvalue weighted by atomic mass is 10.2. The Bertz CT molecular complexity index is 946. The predicted octanol–water partition coefficient (Wildman–Crippen LogP) is 3.46. The number of benzene rings is 2. The molecule has 0 spiro atoms. The number of esters is 1. The monoisotopic (exact) mass is 392 g/mol. The third kappa shape index (κ3) is 4.22. The molecule has 26 heavy (non-hydrogen) atoms. The standard InChI is InChI=1S/C18H17ClN2O4S/c1-3-21(4-2)26(23,24)15-9-10-17(19)16(11-15)18(22)25-14-7-5-13(12-20)6-8-14/h5-11H,3-4H2,1-2H3. The van der Waals surface area contributed by atoms with E-state index in [0.717, 1.165) is 0 Å². The maximum Gasteiger partial charge on any atom is 0.345 e. The van der Waals surface area contributed by atoms with E-state index in [0.29, 0.717) is 18.7 Å². The third-order valence-corrected chi connectivity index (χ3v) is 6.07. The summed E-state index contributed by atoms with van der Waals surface area (Å²) in [4.78, 5) is 12.4. The highest BCUT2D eigenvalue weighted by molar-refractivity contribution is 7.89. The van der Waals surface area contributed by atoms with Crippen molar-refractivity contribution in [2.45, 2.75) is 18.7 Å². The van der Waals surface area contributed by atoms with Gasteiger partial charge in [0.05, 0.1) is 27.1 Å². The molecule has 0 saturated carbocycles. The first-order chi connectivity index (χ1) is 12.3. The van der Waals surface area contributed by atoms with Crippen LogP contribution >= 0.6 is 11.6 Å². The van der Waals surface area contributed by atoms with Crippen LogP contribution in [0.15, 0.2) is 47.4 Å². The lowest BCUT2D eigenvalue weighted by Gasteiger charge is -2.19. The number of nitrogens with zero attached hydrogens (tertiary/aromatic N) is 2. The van der Waals surface area contributed by atoms with Crippen molar-refractivity contribution in [3.8, 4) is 11.8 Å². The van der Waals surface area contributed by atoms with E-state index in [-0.39, 0.29) is 21.2 Å². The van der Waals surface area contributed by atoms with E-state index in [1.165, 1.54) is 46.8 Å². The molecule has 0 bridgehead atoms. The molecule has 2 aromatic carbocycles. The number of hydrogen-bond donors (Lipinski definition) is 0. The molecule has 0 aliphatic rings. The van der Waals surface area contributed by atoms with Gasteiger partial charge in [-0.3, -0.25) is 0 Å². The Labute approximate surface area is 157 Å². The van der Waals surface area contributed by atoms with Gasteiger partial charge in [0, 0.05) is 13.1 Å². The SMILES string of the molecule is CCN(CC)S(=O)(=O)c1ccc(Cl)c(C(=O)Oc2ccc(C#N)cc2)c1. The van der Waals surface area contributed by atoms with Crippen molar-refractivity contribution in [1.29, 1.82) is 5.26 Å². The number of nitriles is 1. The molecule has 6 nitrogen and oxygen atoms in total. The van der Waals surface area contributed by atoms with Crippen LogP contribution in [-0.2, 0) is 10.0 Å². The summed E-state index contributed by atoms with van der Waals surface area (Å²) in [7, 11) is -3.72. The van der Waals surface area contributed by atoms with Gasteiger partial charge in [-0.05, 0) is 42.5 Å². The Hall–Kier alpha value is -2.40. The van der Waals surface area contributed by atoms with Gasteiger partial charge >= 0.3 is 5.97 Å². The maximum absolute atomic E-state index is 12.6. The van der Waals surface area contributed by atoms with Crippen LogP contribution in [0.5, 0.6) is 5.75 Å². The summed E-state index contributed by atoms with van der Waals surface area (Å²) in [6.07, 6.45) is 0. The van der Waals surface area contributed by atoms with Gasteiger partial charge in [0.15, 0.2) is 0 Å². The van der Waals surface area contributed by atoms with Crippen LogP contribution in [0.25, 0.3) is 0 Å². The molecule has 0 amide bonds. The van der Waals surface area contributed by atoms with Crippen molar-refractivity contribution < 1.29 is 17.9 Å². The Morgan fingerprint density at radius 1 is 1.15 bits per heavy atom. The van der Waals surface area contributed by atoms with E-state index in [1.54, 1.807) is 13.8 Å². The first kappa shape index (κ1) is 19.9. The van der Waals surface area contributed by atoms with E-state index in [2.05, 4.69) is 0 Å². The van der Waals surface area contributed by atoms with Crippen LogP contribution in [0.3, 0.4) is 0 Å². The first-order valence-corrected chi connectivity index (χ1v) is 9.67. The van der Waals surface area contributed by atoms with Gasteiger partial charge < -0.3 is 4.74 Å². The minimum atomic E-state index is -3.72. The largest absolute Gasteiger partial charge is 0.423 e. The second-order valence-corrected chi connectivity index (χ2v) is 7.60. The van der Waals surface area contributed by atoms with Gasteiger partial charge in [-0.25, -0.2) is 13.2 Å². The van der Waals surface area contributed by atoms with Crippen molar-refractivity contribution in [2.75, 3.05) is 13.1 Å². The molecule has 0 aliphatic carbocycles. The van der Waals surface area contributed by atoms with E-state index >= 15 is 0 Å². The van der Waals surface area contributed by atoms with Crippen molar-refractivity contribution in [1.82, 2.24) is 4.31 Å².